The topological polar surface area (TPSA) is 42.0 Å². The largest absolute Gasteiger partial charge is 0.345 e. The van der Waals surface area contributed by atoms with Crippen molar-refractivity contribution in [3.8, 4) is 0 Å². The highest BCUT2D eigenvalue weighted by atomic mass is 79.9. The maximum Gasteiger partial charge on any atom is 0.252 e. The minimum atomic E-state index is -0.109. The van der Waals surface area contributed by atoms with Crippen LogP contribution in [0.25, 0.3) is 0 Å². The van der Waals surface area contributed by atoms with Gasteiger partial charge >= 0.3 is 0 Å². The highest BCUT2D eigenvalue weighted by molar-refractivity contribution is 9.11. The zero-order chi connectivity index (χ0) is 13.1. The molecule has 0 unspecified atom stereocenters. The van der Waals surface area contributed by atoms with Gasteiger partial charge in [-0.3, -0.25) is 4.79 Å². The van der Waals surface area contributed by atoms with Crippen molar-refractivity contribution in [1.29, 1.82) is 0 Å². The quantitative estimate of drug-likeness (QED) is 0.864. The Hall–Kier alpha value is -0.720. The summed E-state index contributed by atoms with van der Waals surface area (Å²) in [6, 6.07) is 5.46. The van der Waals surface area contributed by atoms with Gasteiger partial charge in [-0.05, 0) is 41.1 Å². The Balaban J connectivity index is 2.03. The smallest absolute Gasteiger partial charge is 0.252 e. The molecule has 0 radical (unpaired) electrons. The van der Waals surface area contributed by atoms with Crippen LogP contribution in [0.15, 0.2) is 33.3 Å². The van der Waals surface area contributed by atoms with Gasteiger partial charge in [-0.1, -0.05) is 15.9 Å². The Kier molecular flexibility index (Phi) is 4.53. The monoisotopic (exact) mass is 388 g/mol. The Morgan fingerprint density at radius 2 is 2.22 bits per heavy atom. The molecular formula is C12H10Br2N2OS. The molecule has 0 bridgehead atoms. The van der Waals surface area contributed by atoms with Gasteiger partial charge in [0.2, 0.25) is 0 Å². The van der Waals surface area contributed by atoms with Crippen LogP contribution in [-0.2, 0) is 6.54 Å². The molecule has 18 heavy (non-hydrogen) atoms. The highest BCUT2D eigenvalue weighted by Crippen LogP contribution is 2.22. The summed E-state index contributed by atoms with van der Waals surface area (Å²) in [6.45, 7) is 2.45. The van der Waals surface area contributed by atoms with Crippen LogP contribution in [0, 0.1) is 6.92 Å². The minimum absolute atomic E-state index is 0.109. The Labute approximate surface area is 126 Å². The van der Waals surface area contributed by atoms with E-state index in [0.29, 0.717) is 12.1 Å². The summed E-state index contributed by atoms with van der Waals surface area (Å²) in [6.07, 6.45) is 1.81. The van der Waals surface area contributed by atoms with Gasteiger partial charge < -0.3 is 5.32 Å². The Morgan fingerprint density at radius 3 is 2.83 bits per heavy atom. The van der Waals surface area contributed by atoms with Crippen LogP contribution in [0.5, 0.6) is 0 Å². The number of thiazole rings is 1. The van der Waals surface area contributed by atoms with Crippen LogP contribution >= 0.6 is 43.2 Å². The van der Waals surface area contributed by atoms with Crippen molar-refractivity contribution < 1.29 is 4.79 Å². The molecule has 0 aliphatic rings. The number of carbonyl (C=O) groups excluding carboxylic acids is 1. The molecule has 3 nitrogen and oxygen atoms in total. The number of nitrogens with zero attached hydrogens (tertiary/aromatic N) is 1. The van der Waals surface area contributed by atoms with E-state index in [-0.39, 0.29) is 5.91 Å². The molecule has 1 aromatic heterocycles. The lowest BCUT2D eigenvalue weighted by molar-refractivity contribution is 0.0950. The normalized spacial score (nSPS) is 10.4. The number of rotatable bonds is 3. The third-order valence-corrected chi connectivity index (χ3v) is 4.31. The molecule has 1 N–H and O–H groups in total. The fourth-order valence-electron chi connectivity index (χ4n) is 1.41. The van der Waals surface area contributed by atoms with Gasteiger partial charge in [0, 0.05) is 20.0 Å². The van der Waals surface area contributed by atoms with Crippen LogP contribution < -0.4 is 5.32 Å². The van der Waals surface area contributed by atoms with E-state index in [2.05, 4.69) is 42.2 Å². The van der Waals surface area contributed by atoms with E-state index in [0.717, 1.165) is 18.8 Å². The highest BCUT2D eigenvalue weighted by Gasteiger charge is 2.10. The first kappa shape index (κ1) is 13.7. The van der Waals surface area contributed by atoms with E-state index in [1.807, 2.05) is 25.3 Å². The number of carbonyl (C=O) groups is 1. The van der Waals surface area contributed by atoms with Crippen LogP contribution in [0.3, 0.4) is 0 Å². The molecule has 1 aromatic carbocycles. The summed E-state index contributed by atoms with van der Waals surface area (Å²) in [7, 11) is 0. The molecule has 94 valence electrons. The van der Waals surface area contributed by atoms with Gasteiger partial charge in [0.15, 0.2) is 0 Å². The maximum absolute atomic E-state index is 12.0. The van der Waals surface area contributed by atoms with Crippen molar-refractivity contribution in [2.75, 3.05) is 0 Å². The first-order chi connectivity index (χ1) is 8.56. The average Bonchev–Trinajstić information content (AvgIpc) is 2.72. The number of amides is 1. The van der Waals surface area contributed by atoms with E-state index in [1.165, 1.54) is 0 Å². The average molecular weight is 390 g/mol. The predicted octanol–water partition coefficient (Wildman–Crippen LogP) is 3.91. The van der Waals surface area contributed by atoms with Gasteiger partial charge in [0.1, 0.15) is 5.01 Å². The first-order valence-corrected chi connectivity index (χ1v) is 7.61. The second-order valence-electron chi connectivity index (χ2n) is 3.67. The lowest BCUT2D eigenvalue weighted by atomic mass is 10.2. The van der Waals surface area contributed by atoms with Gasteiger partial charge in [0.05, 0.1) is 12.1 Å². The number of hydrogen-bond donors (Lipinski definition) is 1. The zero-order valence-corrected chi connectivity index (χ0v) is 13.5. The molecule has 0 saturated carbocycles. The molecule has 6 heteroatoms. The second kappa shape index (κ2) is 5.95. The summed E-state index contributed by atoms with van der Waals surface area (Å²) < 4.78 is 1.70. The summed E-state index contributed by atoms with van der Waals surface area (Å²) in [4.78, 5) is 17.3. The van der Waals surface area contributed by atoms with Crippen LogP contribution in [-0.4, -0.2) is 10.9 Å². The molecule has 0 saturated heterocycles. The Morgan fingerprint density at radius 1 is 1.44 bits per heavy atom. The number of hydrogen-bond acceptors (Lipinski definition) is 3. The van der Waals surface area contributed by atoms with Crippen LogP contribution in [0.2, 0.25) is 0 Å². The van der Waals surface area contributed by atoms with Crippen molar-refractivity contribution in [2.24, 2.45) is 0 Å². The lowest BCUT2D eigenvalue weighted by Gasteiger charge is -2.05. The standard InChI is InChI=1S/C12H10Br2N2OS/c1-7-5-15-11(18-7)6-16-12(17)9-3-2-8(13)4-10(9)14/h2-5H,6H2,1H3,(H,16,17). The third kappa shape index (κ3) is 3.40. The van der Waals surface area contributed by atoms with E-state index >= 15 is 0 Å². The maximum atomic E-state index is 12.0. The minimum Gasteiger partial charge on any atom is -0.345 e. The molecule has 0 aliphatic carbocycles. The fraction of sp³-hybridized carbons (Fsp3) is 0.167. The fourth-order valence-corrected chi connectivity index (χ4v) is 3.36. The number of halogens is 2. The molecule has 0 aliphatic heterocycles. The number of benzene rings is 1. The van der Waals surface area contributed by atoms with E-state index in [4.69, 9.17) is 0 Å². The SMILES string of the molecule is Cc1cnc(CNC(=O)c2ccc(Br)cc2Br)s1. The summed E-state index contributed by atoms with van der Waals surface area (Å²) in [5, 5.41) is 3.76. The summed E-state index contributed by atoms with van der Waals surface area (Å²) in [5.74, 6) is -0.109. The molecule has 0 spiro atoms. The predicted molar refractivity (Wildman–Crippen MR) is 79.9 cm³/mol. The summed E-state index contributed by atoms with van der Waals surface area (Å²) in [5.41, 5.74) is 0.617. The van der Waals surface area contributed by atoms with Crippen molar-refractivity contribution in [3.05, 3.63) is 48.8 Å². The molecule has 2 aromatic rings. The van der Waals surface area contributed by atoms with Gasteiger partial charge in [-0.15, -0.1) is 11.3 Å². The van der Waals surface area contributed by atoms with Gasteiger partial charge in [-0.2, -0.15) is 0 Å². The first-order valence-electron chi connectivity index (χ1n) is 5.21. The van der Waals surface area contributed by atoms with Gasteiger partial charge in [0.25, 0.3) is 5.91 Å². The van der Waals surface area contributed by atoms with Crippen molar-refractivity contribution in [1.82, 2.24) is 10.3 Å². The number of nitrogens with one attached hydrogen (secondary N) is 1. The molecule has 2 rings (SSSR count). The van der Waals surface area contributed by atoms with Crippen molar-refractivity contribution in [2.45, 2.75) is 13.5 Å². The van der Waals surface area contributed by atoms with E-state index in [1.54, 1.807) is 17.4 Å². The van der Waals surface area contributed by atoms with Crippen molar-refractivity contribution >= 4 is 49.1 Å². The van der Waals surface area contributed by atoms with Crippen molar-refractivity contribution in [3.63, 3.8) is 0 Å². The van der Waals surface area contributed by atoms with Crippen LogP contribution in [0.4, 0.5) is 0 Å². The van der Waals surface area contributed by atoms with Gasteiger partial charge in [-0.25, -0.2) is 4.98 Å². The van der Waals surface area contributed by atoms with Crippen LogP contribution in [0.1, 0.15) is 20.2 Å². The zero-order valence-electron chi connectivity index (χ0n) is 9.54. The number of aryl methyl sites for hydroxylation is 1. The molecule has 0 fully saturated rings. The molecule has 0 atom stereocenters. The molecular weight excluding hydrogens is 380 g/mol. The Bertz CT molecular complexity index is 583. The lowest BCUT2D eigenvalue weighted by Crippen LogP contribution is -2.23. The number of aromatic nitrogens is 1. The third-order valence-electron chi connectivity index (χ3n) is 2.25. The van der Waals surface area contributed by atoms with E-state index < -0.39 is 0 Å². The second-order valence-corrected chi connectivity index (χ2v) is 6.76. The summed E-state index contributed by atoms with van der Waals surface area (Å²) >= 11 is 8.31. The molecule has 1 heterocycles. The van der Waals surface area contributed by atoms with E-state index in [9.17, 15) is 4.79 Å². The molecule has 1 amide bonds.